The second-order valence-electron chi connectivity index (χ2n) is 6.60. The fourth-order valence-corrected chi connectivity index (χ4v) is 2.78. The smallest absolute Gasteiger partial charge is 0.123 e. The summed E-state index contributed by atoms with van der Waals surface area (Å²) in [5.41, 5.74) is 4.52. The second kappa shape index (κ2) is 7.88. The first-order chi connectivity index (χ1) is 11.5. The maximum Gasteiger partial charge on any atom is 0.123 e. The molecule has 1 atom stereocenters. The first kappa shape index (κ1) is 17.9. The SMILES string of the molecule is COc1ccc(C(C)C)cc1C(C#N)Cc1ccc(N(C)C)cc1. The molecule has 24 heavy (non-hydrogen) atoms. The van der Waals surface area contributed by atoms with E-state index in [9.17, 15) is 5.26 Å². The Morgan fingerprint density at radius 1 is 1.08 bits per heavy atom. The Morgan fingerprint density at radius 3 is 2.25 bits per heavy atom. The summed E-state index contributed by atoms with van der Waals surface area (Å²) < 4.78 is 5.49. The van der Waals surface area contributed by atoms with Gasteiger partial charge in [-0.1, -0.05) is 38.1 Å². The van der Waals surface area contributed by atoms with Gasteiger partial charge in [0.1, 0.15) is 5.75 Å². The molecule has 0 bridgehead atoms. The van der Waals surface area contributed by atoms with Crippen molar-refractivity contribution in [3.8, 4) is 11.8 Å². The van der Waals surface area contributed by atoms with Gasteiger partial charge in [0.2, 0.25) is 0 Å². The van der Waals surface area contributed by atoms with Crippen LogP contribution in [0, 0.1) is 11.3 Å². The molecule has 0 aliphatic heterocycles. The van der Waals surface area contributed by atoms with Crippen molar-refractivity contribution in [3.63, 3.8) is 0 Å². The number of ether oxygens (including phenoxy) is 1. The molecule has 2 rings (SSSR count). The van der Waals surface area contributed by atoms with Gasteiger partial charge >= 0.3 is 0 Å². The maximum absolute atomic E-state index is 9.72. The van der Waals surface area contributed by atoms with E-state index < -0.39 is 0 Å². The van der Waals surface area contributed by atoms with Crippen LogP contribution in [-0.4, -0.2) is 21.2 Å². The highest BCUT2D eigenvalue weighted by Gasteiger charge is 2.18. The van der Waals surface area contributed by atoms with Crippen LogP contribution in [-0.2, 0) is 6.42 Å². The molecule has 1 unspecified atom stereocenters. The third kappa shape index (κ3) is 4.08. The lowest BCUT2D eigenvalue weighted by Crippen LogP contribution is -2.09. The van der Waals surface area contributed by atoms with Crippen molar-refractivity contribution in [2.75, 3.05) is 26.1 Å². The largest absolute Gasteiger partial charge is 0.496 e. The van der Waals surface area contributed by atoms with Crippen molar-refractivity contribution in [2.24, 2.45) is 0 Å². The molecule has 3 nitrogen and oxygen atoms in total. The van der Waals surface area contributed by atoms with Crippen LogP contribution in [0.25, 0.3) is 0 Å². The van der Waals surface area contributed by atoms with E-state index in [0.29, 0.717) is 12.3 Å². The molecular weight excluding hydrogens is 296 g/mol. The highest BCUT2D eigenvalue weighted by molar-refractivity contribution is 5.48. The van der Waals surface area contributed by atoms with Gasteiger partial charge in [0.05, 0.1) is 19.1 Å². The molecule has 2 aromatic rings. The van der Waals surface area contributed by atoms with E-state index in [2.05, 4.69) is 61.2 Å². The minimum atomic E-state index is -0.219. The quantitative estimate of drug-likeness (QED) is 0.771. The Hall–Kier alpha value is -2.47. The normalized spacial score (nSPS) is 11.9. The van der Waals surface area contributed by atoms with E-state index in [4.69, 9.17) is 4.74 Å². The summed E-state index contributed by atoms with van der Waals surface area (Å²) in [7, 11) is 5.71. The van der Waals surface area contributed by atoms with Crippen molar-refractivity contribution < 1.29 is 4.74 Å². The van der Waals surface area contributed by atoms with Crippen LogP contribution in [0.5, 0.6) is 5.75 Å². The predicted molar refractivity (Wildman–Crippen MR) is 99.9 cm³/mol. The number of benzene rings is 2. The fourth-order valence-electron chi connectivity index (χ4n) is 2.78. The van der Waals surface area contributed by atoms with Gasteiger partial charge in [0.15, 0.2) is 0 Å². The molecular formula is C21H26N2O. The standard InChI is InChI=1S/C21H26N2O/c1-15(2)17-8-11-21(24-5)20(13-17)18(14-22)12-16-6-9-19(10-7-16)23(3)4/h6-11,13,15,18H,12H2,1-5H3. The minimum absolute atomic E-state index is 0.219. The predicted octanol–water partition coefficient (Wildman–Crippen LogP) is 4.73. The molecule has 0 N–H and O–H groups in total. The van der Waals surface area contributed by atoms with E-state index in [-0.39, 0.29) is 5.92 Å². The van der Waals surface area contributed by atoms with Crippen molar-refractivity contribution in [1.82, 2.24) is 0 Å². The first-order valence-corrected chi connectivity index (χ1v) is 8.30. The summed E-state index contributed by atoms with van der Waals surface area (Å²) in [5, 5.41) is 9.72. The summed E-state index contributed by atoms with van der Waals surface area (Å²) >= 11 is 0. The van der Waals surface area contributed by atoms with Crippen molar-refractivity contribution >= 4 is 5.69 Å². The van der Waals surface area contributed by atoms with E-state index in [0.717, 1.165) is 22.6 Å². The Kier molecular flexibility index (Phi) is 5.87. The molecule has 126 valence electrons. The Labute approximate surface area is 145 Å². The van der Waals surface area contributed by atoms with Gasteiger partial charge in [-0.05, 0) is 41.7 Å². The van der Waals surface area contributed by atoms with Crippen LogP contribution in [0.15, 0.2) is 42.5 Å². The zero-order valence-corrected chi connectivity index (χ0v) is 15.2. The number of methoxy groups -OCH3 is 1. The Morgan fingerprint density at radius 2 is 1.75 bits per heavy atom. The number of hydrogen-bond donors (Lipinski definition) is 0. The Balaban J connectivity index is 2.31. The fraction of sp³-hybridized carbons (Fsp3) is 0.381. The van der Waals surface area contributed by atoms with Crippen molar-refractivity contribution in [3.05, 3.63) is 59.2 Å². The van der Waals surface area contributed by atoms with E-state index in [1.54, 1.807) is 7.11 Å². The van der Waals surface area contributed by atoms with Crippen LogP contribution in [0.2, 0.25) is 0 Å². The average molecular weight is 322 g/mol. The van der Waals surface area contributed by atoms with E-state index in [1.165, 1.54) is 5.56 Å². The molecule has 0 spiro atoms. The van der Waals surface area contributed by atoms with Crippen LogP contribution in [0.4, 0.5) is 5.69 Å². The van der Waals surface area contributed by atoms with E-state index in [1.807, 2.05) is 20.2 Å². The summed E-state index contributed by atoms with van der Waals surface area (Å²) in [5.74, 6) is 0.994. The highest BCUT2D eigenvalue weighted by atomic mass is 16.5. The molecule has 0 aliphatic rings. The molecule has 0 aliphatic carbocycles. The zero-order chi connectivity index (χ0) is 17.7. The summed E-state index contributed by atoms with van der Waals surface area (Å²) in [6.07, 6.45) is 0.683. The van der Waals surface area contributed by atoms with Crippen molar-refractivity contribution in [1.29, 1.82) is 5.26 Å². The van der Waals surface area contributed by atoms with Gasteiger partial charge < -0.3 is 9.64 Å². The molecule has 3 heteroatoms. The van der Waals surface area contributed by atoms with Crippen molar-refractivity contribution in [2.45, 2.75) is 32.1 Å². The lowest BCUT2D eigenvalue weighted by Gasteiger charge is -2.17. The van der Waals surface area contributed by atoms with Gasteiger partial charge in [0.25, 0.3) is 0 Å². The van der Waals surface area contributed by atoms with Crippen LogP contribution in [0.3, 0.4) is 0 Å². The Bertz CT molecular complexity index is 712. The molecule has 0 heterocycles. The number of anilines is 1. The van der Waals surface area contributed by atoms with Gasteiger partial charge in [-0.2, -0.15) is 5.26 Å². The third-order valence-electron chi connectivity index (χ3n) is 4.34. The van der Waals surface area contributed by atoms with Gasteiger partial charge in [0, 0.05) is 25.3 Å². The average Bonchev–Trinajstić information content (AvgIpc) is 2.59. The monoisotopic (exact) mass is 322 g/mol. The summed E-state index contributed by atoms with van der Waals surface area (Å²) in [4.78, 5) is 2.07. The van der Waals surface area contributed by atoms with Crippen LogP contribution in [0.1, 0.15) is 42.4 Å². The number of nitriles is 1. The molecule has 0 radical (unpaired) electrons. The second-order valence-corrected chi connectivity index (χ2v) is 6.60. The maximum atomic E-state index is 9.72. The number of hydrogen-bond acceptors (Lipinski definition) is 3. The minimum Gasteiger partial charge on any atom is -0.496 e. The molecule has 0 saturated heterocycles. The van der Waals surface area contributed by atoms with Gasteiger partial charge in [-0.3, -0.25) is 0 Å². The number of nitrogens with zero attached hydrogens (tertiary/aromatic N) is 2. The first-order valence-electron chi connectivity index (χ1n) is 8.30. The lowest BCUT2D eigenvalue weighted by molar-refractivity contribution is 0.407. The van der Waals surface area contributed by atoms with E-state index >= 15 is 0 Å². The highest BCUT2D eigenvalue weighted by Crippen LogP contribution is 2.32. The molecule has 0 saturated carbocycles. The summed E-state index contributed by atoms with van der Waals surface area (Å²) in [6, 6.07) is 17.0. The van der Waals surface area contributed by atoms with Gasteiger partial charge in [-0.15, -0.1) is 0 Å². The summed E-state index contributed by atoms with van der Waals surface area (Å²) in [6.45, 7) is 4.32. The molecule has 0 fully saturated rings. The molecule has 0 amide bonds. The van der Waals surface area contributed by atoms with Crippen LogP contribution < -0.4 is 9.64 Å². The molecule has 2 aromatic carbocycles. The topological polar surface area (TPSA) is 36.3 Å². The van der Waals surface area contributed by atoms with Gasteiger partial charge in [-0.25, -0.2) is 0 Å². The zero-order valence-electron chi connectivity index (χ0n) is 15.2. The lowest BCUT2D eigenvalue weighted by atomic mass is 9.89. The molecule has 0 aromatic heterocycles. The van der Waals surface area contributed by atoms with Crippen LogP contribution >= 0.6 is 0 Å². The number of rotatable bonds is 6. The third-order valence-corrected chi connectivity index (χ3v) is 4.34.